The predicted molar refractivity (Wildman–Crippen MR) is 128 cm³/mol. The van der Waals surface area contributed by atoms with Gasteiger partial charge in [0.25, 0.3) is 5.91 Å². The second-order valence-electron chi connectivity index (χ2n) is 7.07. The first-order chi connectivity index (χ1) is 15.5. The van der Waals surface area contributed by atoms with E-state index in [-0.39, 0.29) is 6.61 Å². The van der Waals surface area contributed by atoms with Gasteiger partial charge in [0, 0.05) is 27.0 Å². The molecule has 32 heavy (non-hydrogen) atoms. The van der Waals surface area contributed by atoms with Gasteiger partial charge in [-0.2, -0.15) is 0 Å². The van der Waals surface area contributed by atoms with Crippen molar-refractivity contribution in [1.82, 2.24) is 10.3 Å². The quantitative estimate of drug-likeness (QED) is 0.334. The first-order valence-electron chi connectivity index (χ1n) is 9.83. The molecular formula is C25H18BrClN2O3. The van der Waals surface area contributed by atoms with E-state index in [1.54, 1.807) is 24.3 Å². The Hall–Kier alpha value is -3.22. The molecule has 0 aliphatic rings. The Labute approximate surface area is 198 Å². The molecule has 1 amide bonds. The third kappa shape index (κ3) is 5.33. The number of rotatable bonds is 6. The number of amides is 1. The Morgan fingerprint density at radius 1 is 0.969 bits per heavy atom. The fraction of sp³-hybridized carbons (Fsp3) is 0.0800. The summed E-state index contributed by atoms with van der Waals surface area (Å²) >= 11 is 9.42. The van der Waals surface area contributed by atoms with Crippen LogP contribution in [0.3, 0.4) is 0 Å². The monoisotopic (exact) mass is 508 g/mol. The Balaban J connectivity index is 1.50. The Morgan fingerprint density at radius 2 is 1.78 bits per heavy atom. The third-order valence-electron chi connectivity index (χ3n) is 4.77. The maximum absolute atomic E-state index is 12.9. The van der Waals surface area contributed by atoms with Gasteiger partial charge < -0.3 is 10.1 Å². The molecule has 0 aliphatic carbocycles. The van der Waals surface area contributed by atoms with Gasteiger partial charge in [-0.25, -0.2) is 9.78 Å². The molecule has 0 fully saturated rings. The summed E-state index contributed by atoms with van der Waals surface area (Å²) in [4.78, 5) is 29.7. The number of halogens is 2. The van der Waals surface area contributed by atoms with Crippen molar-refractivity contribution in [2.75, 3.05) is 6.61 Å². The van der Waals surface area contributed by atoms with Crippen molar-refractivity contribution in [2.45, 2.75) is 6.54 Å². The molecule has 1 aromatic heterocycles. The molecule has 0 radical (unpaired) electrons. The molecule has 0 saturated heterocycles. The molecule has 0 unspecified atom stereocenters. The fourth-order valence-electron chi connectivity index (χ4n) is 3.25. The van der Waals surface area contributed by atoms with Crippen molar-refractivity contribution in [3.05, 3.63) is 99.5 Å². The standard InChI is InChI=1S/C25H18BrClN2O3/c26-18-7-4-6-17(12-18)23-13-21(20-9-1-2-10-22(20)29-23)25(31)32-15-24(30)28-14-16-5-3-8-19(27)11-16/h1-13H,14-15H2,(H,28,30). The van der Waals surface area contributed by atoms with Gasteiger partial charge in [0.2, 0.25) is 0 Å². The van der Waals surface area contributed by atoms with Crippen molar-refractivity contribution in [3.8, 4) is 11.3 Å². The van der Waals surface area contributed by atoms with Crippen LogP contribution in [0.4, 0.5) is 0 Å². The van der Waals surface area contributed by atoms with Gasteiger partial charge in [0.1, 0.15) is 0 Å². The number of hydrogen-bond donors (Lipinski definition) is 1. The van der Waals surface area contributed by atoms with E-state index in [2.05, 4.69) is 26.2 Å². The molecule has 5 nitrogen and oxygen atoms in total. The van der Waals surface area contributed by atoms with Crippen molar-refractivity contribution >= 4 is 50.3 Å². The summed E-state index contributed by atoms with van der Waals surface area (Å²) in [5.74, 6) is -0.985. The summed E-state index contributed by atoms with van der Waals surface area (Å²) in [5.41, 5.74) is 3.38. The third-order valence-corrected chi connectivity index (χ3v) is 5.50. The molecule has 0 spiro atoms. The summed E-state index contributed by atoms with van der Waals surface area (Å²) in [7, 11) is 0. The minimum Gasteiger partial charge on any atom is -0.452 e. The van der Waals surface area contributed by atoms with Gasteiger partial charge in [-0.05, 0) is 42.0 Å². The molecule has 160 valence electrons. The topological polar surface area (TPSA) is 68.3 Å². The van der Waals surface area contributed by atoms with Crippen molar-refractivity contribution in [1.29, 1.82) is 0 Å². The van der Waals surface area contributed by atoms with Crippen LogP contribution in [0.2, 0.25) is 5.02 Å². The van der Waals surface area contributed by atoms with Crippen LogP contribution in [-0.4, -0.2) is 23.5 Å². The summed E-state index contributed by atoms with van der Waals surface area (Å²) < 4.78 is 6.22. The Bertz CT molecular complexity index is 1310. The number of esters is 1. The number of carbonyl (C=O) groups is 2. The fourth-order valence-corrected chi connectivity index (χ4v) is 3.86. The molecule has 4 rings (SSSR count). The largest absolute Gasteiger partial charge is 0.452 e. The maximum Gasteiger partial charge on any atom is 0.339 e. The van der Waals surface area contributed by atoms with E-state index < -0.39 is 11.9 Å². The van der Waals surface area contributed by atoms with E-state index in [9.17, 15) is 9.59 Å². The maximum atomic E-state index is 12.9. The number of para-hydroxylation sites is 1. The van der Waals surface area contributed by atoms with Gasteiger partial charge in [0.05, 0.1) is 16.8 Å². The van der Waals surface area contributed by atoms with E-state index in [1.165, 1.54) is 0 Å². The van der Waals surface area contributed by atoms with Gasteiger partial charge in [-0.3, -0.25) is 4.79 Å². The number of hydrogen-bond acceptors (Lipinski definition) is 4. The minimum atomic E-state index is -0.585. The zero-order chi connectivity index (χ0) is 22.5. The van der Waals surface area contributed by atoms with E-state index in [1.807, 2.05) is 54.6 Å². The van der Waals surface area contributed by atoms with Crippen LogP contribution in [0.25, 0.3) is 22.2 Å². The Morgan fingerprint density at radius 3 is 2.59 bits per heavy atom. The van der Waals surface area contributed by atoms with E-state index in [0.717, 1.165) is 15.6 Å². The summed E-state index contributed by atoms with van der Waals surface area (Å²) in [6.45, 7) is -0.0928. The SMILES string of the molecule is O=C(COC(=O)c1cc(-c2cccc(Br)c2)nc2ccccc12)NCc1cccc(Cl)c1. The van der Waals surface area contributed by atoms with Crippen LogP contribution >= 0.6 is 27.5 Å². The molecule has 0 aliphatic heterocycles. The highest BCUT2D eigenvalue weighted by atomic mass is 79.9. The number of pyridine rings is 1. The highest BCUT2D eigenvalue weighted by Crippen LogP contribution is 2.27. The Kier molecular flexibility index (Phi) is 6.83. The first kappa shape index (κ1) is 22.0. The zero-order valence-corrected chi connectivity index (χ0v) is 19.2. The number of nitrogens with one attached hydrogen (secondary N) is 1. The first-order valence-corrected chi connectivity index (χ1v) is 11.0. The number of benzene rings is 3. The van der Waals surface area contributed by atoms with Crippen LogP contribution in [-0.2, 0) is 16.1 Å². The lowest BCUT2D eigenvalue weighted by Gasteiger charge is -2.11. The smallest absolute Gasteiger partial charge is 0.339 e. The lowest BCUT2D eigenvalue weighted by molar-refractivity contribution is -0.124. The summed E-state index contributed by atoms with van der Waals surface area (Å²) in [5, 5.41) is 3.98. The zero-order valence-electron chi connectivity index (χ0n) is 16.8. The normalized spacial score (nSPS) is 10.7. The van der Waals surface area contributed by atoms with E-state index in [4.69, 9.17) is 16.3 Å². The van der Waals surface area contributed by atoms with Crippen LogP contribution in [0, 0.1) is 0 Å². The number of ether oxygens (including phenoxy) is 1. The minimum absolute atomic E-state index is 0.294. The summed E-state index contributed by atoms with van der Waals surface area (Å²) in [6, 6.07) is 23.9. The molecule has 4 aromatic rings. The lowest BCUT2D eigenvalue weighted by Crippen LogP contribution is -2.28. The van der Waals surface area contributed by atoms with Gasteiger partial charge in [0.15, 0.2) is 6.61 Å². The number of carbonyl (C=O) groups excluding carboxylic acids is 2. The predicted octanol–water partition coefficient (Wildman–Crippen LogP) is 5.79. The molecule has 1 N–H and O–H groups in total. The average molecular weight is 510 g/mol. The summed E-state index contributed by atoms with van der Waals surface area (Å²) in [6.07, 6.45) is 0. The van der Waals surface area contributed by atoms with E-state index >= 15 is 0 Å². The molecule has 7 heteroatoms. The van der Waals surface area contributed by atoms with E-state index in [0.29, 0.717) is 33.7 Å². The van der Waals surface area contributed by atoms with Gasteiger partial charge in [-0.1, -0.05) is 70.0 Å². The lowest BCUT2D eigenvalue weighted by atomic mass is 10.0. The van der Waals surface area contributed by atoms with Crippen LogP contribution in [0.1, 0.15) is 15.9 Å². The number of aromatic nitrogens is 1. The molecule has 0 saturated carbocycles. The van der Waals surface area contributed by atoms with Crippen molar-refractivity contribution in [2.24, 2.45) is 0 Å². The highest BCUT2D eigenvalue weighted by molar-refractivity contribution is 9.10. The van der Waals surface area contributed by atoms with Crippen LogP contribution in [0.5, 0.6) is 0 Å². The highest BCUT2D eigenvalue weighted by Gasteiger charge is 2.16. The van der Waals surface area contributed by atoms with Crippen molar-refractivity contribution in [3.63, 3.8) is 0 Å². The second kappa shape index (κ2) is 9.94. The molecule has 1 heterocycles. The van der Waals surface area contributed by atoms with Gasteiger partial charge >= 0.3 is 5.97 Å². The van der Waals surface area contributed by atoms with Crippen LogP contribution in [0.15, 0.2) is 83.3 Å². The number of fused-ring (bicyclic) bond motifs is 1. The molecular weight excluding hydrogens is 492 g/mol. The van der Waals surface area contributed by atoms with Crippen molar-refractivity contribution < 1.29 is 14.3 Å². The molecule has 0 bridgehead atoms. The van der Waals surface area contributed by atoms with Gasteiger partial charge in [-0.15, -0.1) is 0 Å². The second-order valence-corrected chi connectivity index (χ2v) is 8.42. The molecule has 0 atom stereocenters. The number of nitrogens with zero attached hydrogens (tertiary/aromatic N) is 1. The molecule has 3 aromatic carbocycles. The van der Waals surface area contributed by atoms with Crippen LogP contribution < -0.4 is 5.32 Å². The average Bonchev–Trinajstić information content (AvgIpc) is 2.80.